The van der Waals surface area contributed by atoms with Crippen molar-refractivity contribution in [3.63, 3.8) is 0 Å². The molecule has 1 fully saturated rings. The van der Waals surface area contributed by atoms with Gasteiger partial charge in [0.15, 0.2) is 4.77 Å². The zero-order valence-corrected chi connectivity index (χ0v) is 11.6. The van der Waals surface area contributed by atoms with Crippen LogP contribution in [-0.2, 0) is 10.3 Å². The zero-order chi connectivity index (χ0) is 12.8. The number of ether oxygens (including phenoxy) is 1. The van der Waals surface area contributed by atoms with Crippen molar-refractivity contribution in [1.82, 2.24) is 9.55 Å². The van der Waals surface area contributed by atoms with Crippen LogP contribution in [0.4, 0.5) is 0 Å². The first kappa shape index (κ1) is 11.9. The minimum absolute atomic E-state index is 0.0691. The lowest BCUT2D eigenvalue weighted by Gasteiger charge is -2.35. The third kappa shape index (κ3) is 1.71. The fourth-order valence-electron chi connectivity index (χ4n) is 2.88. The van der Waals surface area contributed by atoms with Crippen molar-refractivity contribution in [1.29, 1.82) is 0 Å². The summed E-state index contributed by atoms with van der Waals surface area (Å²) in [5.41, 5.74) is 3.71. The molecule has 3 nitrogen and oxygen atoms in total. The van der Waals surface area contributed by atoms with E-state index in [2.05, 4.69) is 41.6 Å². The first-order chi connectivity index (χ1) is 8.62. The second-order valence-corrected chi connectivity index (χ2v) is 5.73. The van der Waals surface area contributed by atoms with E-state index in [9.17, 15) is 0 Å². The summed E-state index contributed by atoms with van der Waals surface area (Å²) in [7, 11) is 0. The average molecular weight is 262 g/mol. The number of H-pyrrole nitrogens is 1. The summed E-state index contributed by atoms with van der Waals surface area (Å²) < 4.78 is 8.61. The molecule has 1 aliphatic rings. The van der Waals surface area contributed by atoms with Gasteiger partial charge in [0.25, 0.3) is 0 Å². The van der Waals surface area contributed by atoms with Crippen LogP contribution in [0.2, 0.25) is 0 Å². The number of imidazole rings is 1. The van der Waals surface area contributed by atoms with Crippen molar-refractivity contribution in [2.45, 2.75) is 32.2 Å². The molecule has 0 spiro atoms. The Bertz CT molecular complexity index is 635. The Morgan fingerprint density at radius 2 is 2.06 bits per heavy atom. The molecule has 0 radical (unpaired) electrons. The van der Waals surface area contributed by atoms with Crippen LogP contribution in [0.1, 0.15) is 25.3 Å². The van der Waals surface area contributed by atoms with E-state index < -0.39 is 0 Å². The average Bonchev–Trinajstić information content (AvgIpc) is 2.68. The minimum Gasteiger partial charge on any atom is -0.381 e. The minimum atomic E-state index is 0.0691. The van der Waals surface area contributed by atoms with E-state index in [1.165, 1.54) is 11.1 Å². The summed E-state index contributed by atoms with van der Waals surface area (Å²) in [6.45, 7) is 6.06. The number of para-hydroxylation sites is 1. The maximum absolute atomic E-state index is 5.53. The van der Waals surface area contributed by atoms with E-state index in [4.69, 9.17) is 17.0 Å². The van der Waals surface area contributed by atoms with E-state index in [-0.39, 0.29) is 5.54 Å². The molecule has 0 saturated carbocycles. The number of aryl methyl sites for hydroxylation is 1. The number of nitrogens with zero attached hydrogens (tertiary/aromatic N) is 1. The predicted octanol–water partition coefficient (Wildman–Crippen LogP) is 3.53. The van der Waals surface area contributed by atoms with E-state index in [1.54, 1.807) is 0 Å². The molecule has 2 aromatic rings. The van der Waals surface area contributed by atoms with E-state index >= 15 is 0 Å². The number of fused-ring (bicyclic) bond motifs is 1. The lowest BCUT2D eigenvalue weighted by molar-refractivity contribution is 0.0306. The van der Waals surface area contributed by atoms with Crippen LogP contribution >= 0.6 is 12.2 Å². The molecule has 1 aliphatic heterocycles. The molecule has 3 rings (SSSR count). The van der Waals surface area contributed by atoms with Crippen molar-refractivity contribution in [3.8, 4) is 0 Å². The topological polar surface area (TPSA) is 29.9 Å². The van der Waals surface area contributed by atoms with Crippen molar-refractivity contribution >= 4 is 23.3 Å². The predicted molar refractivity (Wildman–Crippen MR) is 75.6 cm³/mol. The lowest BCUT2D eigenvalue weighted by Crippen LogP contribution is -2.36. The third-order valence-electron chi connectivity index (χ3n) is 4.02. The second-order valence-electron chi connectivity index (χ2n) is 5.35. The molecule has 1 aromatic heterocycles. The molecule has 1 N–H and O–H groups in total. The molecule has 2 heterocycles. The van der Waals surface area contributed by atoms with Gasteiger partial charge in [-0.2, -0.15) is 0 Å². The highest BCUT2D eigenvalue weighted by Crippen LogP contribution is 2.33. The highest BCUT2D eigenvalue weighted by atomic mass is 32.1. The van der Waals surface area contributed by atoms with Gasteiger partial charge in [0, 0.05) is 18.8 Å². The van der Waals surface area contributed by atoms with E-state index in [1.807, 2.05) is 0 Å². The van der Waals surface area contributed by atoms with E-state index in [0.29, 0.717) is 0 Å². The largest absolute Gasteiger partial charge is 0.381 e. The molecule has 96 valence electrons. The number of rotatable bonds is 1. The summed E-state index contributed by atoms with van der Waals surface area (Å²) in [6.07, 6.45) is 2.03. The molecule has 1 aromatic carbocycles. The Hall–Kier alpha value is -1.13. The Morgan fingerprint density at radius 1 is 1.33 bits per heavy atom. The molecule has 1 saturated heterocycles. The smallest absolute Gasteiger partial charge is 0.178 e. The van der Waals surface area contributed by atoms with Crippen LogP contribution in [0.3, 0.4) is 0 Å². The lowest BCUT2D eigenvalue weighted by atomic mass is 9.92. The third-order valence-corrected chi connectivity index (χ3v) is 4.30. The molecule has 0 unspecified atom stereocenters. The molecule has 4 heteroatoms. The maximum Gasteiger partial charge on any atom is 0.178 e. The summed E-state index contributed by atoms with van der Waals surface area (Å²) in [4.78, 5) is 3.33. The van der Waals surface area contributed by atoms with Crippen molar-refractivity contribution in [3.05, 3.63) is 28.5 Å². The van der Waals surface area contributed by atoms with Gasteiger partial charge in [-0.25, -0.2) is 0 Å². The van der Waals surface area contributed by atoms with E-state index in [0.717, 1.165) is 36.3 Å². The summed E-state index contributed by atoms with van der Waals surface area (Å²) in [5, 5.41) is 0. The van der Waals surface area contributed by atoms with Crippen molar-refractivity contribution < 1.29 is 4.74 Å². The van der Waals surface area contributed by atoms with Crippen LogP contribution in [0, 0.1) is 11.7 Å². The van der Waals surface area contributed by atoms with Gasteiger partial charge < -0.3 is 14.3 Å². The number of hydrogen-bond acceptors (Lipinski definition) is 2. The Labute approximate surface area is 112 Å². The van der Waals surface area contributed by atoms with Crippen LogP contribution in [0.25, 0.3) is 11.0 Å². The Balaban J connectivity index is 2.28. The molecule has 0 amide bonds. The van der Waals surface area contributed by atoms with Crippen LogP contribution in [0.5, 0.6) is 0 Å². The molecular formula is C14H18N2OS. The van der Waals surface area contributed by atoms with Gasteiger partial charge in [0.05, 0.1) is 11.0 Å². The van der Waals surface area contributed by atoms with Crippen LogP contribution < -0.4 is 0 Å². The zero-order valence-electron chi connectivity index (χ0n) is 10.8. The fourth-order valence-corrected chi connectivity index (χ4v) is 3.30. The molecular weight excluding hydrogens is 244 g/mol. The SMILES string of the molecule is Cc1cccc2[nH]c(=S)n(C3(C)CCOCC3)c12. The molecule has 0 atom stereocenters. The van der Waals surface area contributed by atoms with Gasteiger partial charge in [-0.05, 0) is 50.5 Å². The molecule has 0 bridgehead atoms. The van der Waals surface area contributed by atoms with Gasteiger partial charge in [-0.15, -0.1) is 0 Å². The maximum atomic E-state index is 5.53. The second kappa shape index (κ2) is 4.21. The Morgan fingerprint density at radius 3 is 2.78 bits per heavy atom. The van der Waals surface area contributed by atoms with Gasteiger partial charge in [0.2, 0.25) is 0 Å². The van der Waals surface area contributed by atoms with Gasteiger partial charge in [-0.3, -0.25) is 0 Å². The van der Waals surface area contributed by atoms with Gasteiger partial charge >= 0.3 is 0 Å². The molecule has 18 heavy (non-hydrogen) atoms. The summed E-state index contributed by atoms with van der Waals surface area (Å²) in [5.74, 6) is 0. The standard InChI is InChI=1S/C14H18N2OS/c1-10-4-3-5-11-12(10)16(13(18)15-11)14(2)6-8-17-9-7-14/h3-5H,6-9H2,1-2H3,(H,15,18). The number of nitrogens with one attached hydrogen (secondary N) is 1. The van der Waals surface area contributed by atoms with Gasteiger partial charge in [-0.1, -0.05) is 12.1 Å². The highest BCUT2D eigenvalue weighted by Gasteiger charge is 2.31. The normalized spacial score (nSPS) is 19.2. The summed E-state index contributed by atoms with van der Waals surface area (Å²) in [6, 6.07) is 6.31. The van der Waals surface area contributed by atoms with Crippen molar-refractivity contribution in [2.24, 2.45) is 0 Å². The van der Waals surface area contributed by atoms with Crippen LogP contribution in [0.15, 0.2) is 18.2 Å². The number of hydrogen-bond donors (Lipinski definition) is 1. The number of aromatic amines is 1. The highest BCUT2D eigenvalue weighted by molar-refractivity contribution is 7.71. The molecule has 0 aliphatic carbocycles. The monoisotopic (exact) mass is 262 g/mol. The first-order valence-electron chi connectivity index (χ1n) is 6.40. The fraction of sp³-hybridized carbons (Fsp3) is 0.500. The van der Waals surface area contributed by atoms with Crippen LogP contribution in [-0.4, -0.2) is 22.8 Å². The number of aromatic nitrogens is 2. The van der Waals surface area contributed by atoms with Crippen molar-refractivity contribution in [2.75, 3.05) is 13.2 Å². The Kier molecular flexibility index (Phi) is 2.79. The quantitative estimate of drug-likeness (QED) is 0.797. The first-order valence-corrected chi connectivity index (χ1v) is 6.81. The van der Waals surface area contributed by atoms with Gasteiger partial charge in [0.1, 0.15) is 0 Å². The number of benzene rings is 1. The summed E-state index contributed by atoms with van der Waals surface area (Å²) >= 11 is 5.53.